The van der Waals surface area contributed by atoms with E-state index in [1.807, 2.05) is 17.8 Å². The Hall–Kier alpha value is -0.580. The summed E-state index contributed by atoms with van der Waals surface area (Å²) in [5.74, 6) is 2.60. The number of rotatable bonds is 4. The van der Waals surface area contributed by atoms with Crippen LogP contribution in [0.1, 0.15) is 31.4 Å². The quantitative estimate of drug-likeness (QED) is 0.777. The predicted molar refractivity (Wildman–Crippen MR) is 81.2 cm³/mol. The van der Waals surface area contributed by atoms with Crippen LogP contribution in [0.5, 0.6) is 0 Å². The van der Waals surface area contributed by atoms with Gasteiger partial charge in [0.15, 0.2) is 5.78 Å². The van der Waals surface area contributed by atoms with Gasteiger partial charge in [-0.3, -0.25) is 4.79 Å². The van der Waals surface area contributed by atoms with Crippen molar-refractivity contribution in [1.82, 2.24) is 0 Å². The zero-order chi connectivity index (χ0) is 12.4. The van der Waals surface area contributed by atoms with E-state index in [-0.39, 0.29) is 0 Å². The standard InChI is InChI=1S/C14H14OS3/c15-12(4-3-11-2-1-6-17-11)14-8-10-9-16-7-5-13(10)18-14/h1-2,6,8H,3-5,7,9H2. The molecule has 0 fully saturated rings. The Bertz CT molecular complexity index is 516. The SMILES string of the molecule is O=C(CCc1cccs1)c1cc2c(s1)CCSC2. The van der Waals surface area contributed by atoms with E-state index in [2.05, 4.69) is 17.5 Å². The molecule has 4 heteroatoms. The minimum Gasteiger partial charge on any atom is -0.293 e. The molecule has 0 saturated carbocycles. The zero-order valence-corrected chi connectivity index (χ0v) is 12.4. The lowest BCUT2D eigenvalue weighted by Gasteiger charge is -2.08. The highest BCUT2D eigenvalue weighted by Gasteiger charge is 2.17. The van der Waals surface area contributed by atoms with E-state index in [0.29, 0.717) is 12.2 Å². The van der Waals surface area contributed by atoms with Crippen molar-refractivity contribution in [1.29, 1.82) is 0 Å². The average Bonchev–Trinajstić information content (AvgIpc) is 3.04. The Balaban J connectivity index is 1.67. The third-order valence-electron chi connectivity index (χ3n) is 3.08. The average molecular weight is 294 g/mol. The van der Waals surface area contributed by atoms with Crippen LogP contribution in [0.25, 0.3) is 0 Å². The molecule has 2 aromatic heterocycles. The molecule has 18 heavy (non-hydrogen) atoms. The molecule has 0 aliphatic carbocycles. The van der Waals surface area contributed by atoms with Gasteiger partial charge in [0, 0.05) is 21.9 Å². The number of carbonyl (C=O) groups is 1. The van der Waals surface area contributed by atoms with E-state index >= 15 is 0 Å². The summed E-state index contributed by atoms with van der Waals surface area (Å²) in [7, 11) is 0. The van der Waals surface area contributed by atoms with Crippen LogP contribution in [-0.4, -0.2) is 11.5 Å². The topological polar surface area (TPSA) is 17.1 Å². The number of ketones is 1. The van der Waals surface area contributed by atoms with Gasteiger partial charge in [-0.05, 0) is 41.7 Å². The van der Waals surface area contributed by atoms with E-state index in [1.54, 1.807) is 22.7 Å². The molecule has 3 rings (SSSR count). The maximum Gasteiger partial charge on any atom is 0.173 e. The maximum absolute atomic E-state index is 12.2. The molecule has 1 aliphatic rings. The first-order valence-corrected chi connectivity index (χ1v) is 8.93. The van der Waals surface area contributed by atoms with E-state index in [0.717, 1.165) is 23.5 Å². The van der Waals surface area contributed by atoms with Gasteiger partial charge in [0.05, 0.1) is 4.88 Å². The van der Waals surface area contributed by atoms with Gasteiger partial charge < -0.3 is 0 Å². The first kappa shape index (κ1) is 12.5. The van der Waals surface area contributed by atoms with Crippen molar-refractivity contribution in [3.8, 4) is 0 Å². The summed E-state index contributed by atoms with van der Waals surface area (Å²) in [5.41, 5.74) is 1.40. The second-order valence-electron chi connectivity index (χ2n) is 4.36. The smallest absolute Gasteiger partial charge is 0.173 e. The minimum absolute atomic E-state index is 0.313. The third-order valence-corrected chi connectivity index (χ3v) is 6.30. The van der Waals surface area contributed by atoms with Crippen LogP contribution in [0, 0.1) is 0 Å². The molecule has 0 saturated heterocycles. The number of thiophene rings is 2. The van der Waals surface area contributed by atoms with Crippen molar-refractivity contribution < 1.29 is 4.79 Å². The van der Waals surface area contributed by atoms with E-state index in [4.69, 9.17) is 0 Å². The van der Waals surface area contributed by atoms with Gasteiger partial charge in [0.25, 0.3) is 0 Å². The number of fused-ring (bicyclic) bond motifs is 1. The van der Waals surface area contributed by atoms with Crippen molar-refractivity contribution in [3.05, 3.63) is 43.8 Å². The summed E-state index contributed by atoms with van der Waals surface area (Å²) in [4.78, 5) is 15.9. The molecular weight excluding hydrogens is 280 g/mol. The zero-order valence-electron chi connectivity index (χ0n) is 9.98. The lowest BCUT2D eigenvalue weighted by Crippen LogP contribution is -1.97. The number of carbonyl (C=O) groups excluding carboxylic acids is 1. The van der Waals surface area contributed by atoms with Crippen LogP contribution >= 0.6 is 34.4 Å². The third kappa shape index (κ3) is 2.71. The largest absolute Gasteiger partial charge is 0.293 e. The lowest BCUT2D eigenvalue weighted by molar-refractivity contribution is 0.0987. The molecule has 0 aromatic carbocycles. The Kier molecular flexibility index (Phi) is 3.87. The molecule has 0 spiro atoms. The lowest BCUT2D eigenvalue weighted by atomic mass is 10.1. The molecule has 0 bridgehead atoms. The van der Waals surface area contributed by atoms with Crippen LogP contribution in [0.2, 0.25) is 0 Å². The summed E-state index contributed by atoms with van der Waals surface area (Å²) in [6, 6.07) is 6.28. The molecular formula is C14H14OS3. The molecule has 94 valence electrons. The van der Waals surface area contributed by atoms with Crippen LogP contribution < -0.4 is 0 Å². The van der Waals surface area contributed by atoms with Gasteiger partial charge in [0.2, 0.25) is 0 Å². The van der Waals surface area contributed by atoms with Gasteiger partial charge in [0.1, 0.15) is 0 Å². The monoisotopic (exact) mass is 294 g/mol. The van der Waals surface area contributed by atoms with Crippen LogP contribution in [0.15, 0.2) is 23.6 Å². The van der Waals surface area contributed by atoms with Gasteiger partial charge >= 0.3 is 0 Å². The second-order valence-corrected chi connectivity index (χ2v) is 7.64. The van der Waals surface area contributed by atoms with Gasteiger partial charge in [-0.15, -0.1) is 22.7 Å². The fourth-order valence-corrected chi connectivity index (χ4v) is 5.15. The van der Waals surface area contributed by atoms with Crippen molar-refractivity contribution >= 4 is 40.2 Å². The van der Waals surface area contributed by atoms with Crippen molar-refractivity contribution in [2.24, 2.45) is 0 Å². The fraction of sp³-hybridized carbons (Fsp3) is 0.357. The van der Waals surface area contributed by atoms with E-state index < -0.39 is 0 Å². The van der Waals surface area contributed by atoms with Gasteiger partial charge in [-0.1, -0.05) is 6.07 Å². The molecule has 0 unspecified atom stereocenters. The molecule has 0 amide bonds. The first-order valence-electron chi connectivity index (χ1n) is 6.08. The first-order chi connectivity index (χ1) is 8.83. The van der Waals surface area contributed by atoms with Crippen LogP contribution in [0.4, 0.5) is 0 Å². The molecule has 1 nitrogen and oxygen atoms in total. The van der Waals surface area contributed by atoms with Gasteiger partial charge in [-0.2, -0.15) is 11.8 Å². The second kappa shape index (κ2) is 5.59. The normalized spacial score (nSPS) is 14.4. The number of hydrogen-bond donors (Lipinski definition) is 0. The highest BCUT2D eigenvalue weighted by Crippen LogP contribution is 2.32. The maximum atomic E-state index is 12.2. The van der Waals surface area contributed by atoms with Gasteiger partial charge in [-0.25, -0.2) is 0 Å². The number of thioether (sulfide) groups is 1. The summed E-state index contributed by atoms with van der Waals surface area (Å²) < 4.78 is 0. The number of Topliss-reactive ketones (excluding diaryl/α,β-unsaturated/α-hetero) is 1. The Labute approximate surface area is 119 Å². The summed E-state index contributed by atoms with van der Waals surface area (Å²) in [5, 5.41) is 2.07. The van der Waals surface area contributed by atoms with Crippen molar-refractivity contribution in [2.75, 3.05) is 5.75 Å². The molecule has 0 atom stereocenters. The Morgan fingerprint density at radius 2 is 2.33 bits per heavy atom. The van der Waals surface area contributed by atoms with Crippen LogP contribution in [-0.2, 0) is 18.6 Å². The summed E-state index contributed by atoms with van der Waals surface area (Å²) in [6.07, 6.45) is 2.67. The molecule has 1 aliphatic heterocycles. The molecule has 3 heterocycles. The highest BCUT2D eigenvalue weighted by atomic mass is 32.2. The fourth-order valence-electron chi connectivity index (χ4n) is 2.10. The van der Waals surface area contributed by atoms with E-state index in [9.17, 15) is 4.79 Å². The van der Waals surface area contributed by atoms with Crippen molar-refractivity contribution in [2.45, 2.75) is 25.0 Å². The predicted octanol–water partition coefficient (Wildman–Crippen LogP) is 4.41. The summed E-state index contributed by atoms with van der Waals surface area (Å²) >= 11 is 5.43. The minimum atomic E-state index is 0.313. The molecule has 0 N–H and O–H groups in total. The number of aryl methyl sites for hydroxylation is 2. The van der Waals surface area contributed by atoms with Crippen molar-refractivity contribution in [3.63, 3.8) is 0 Å². The summed E-state index contributed by atoms with van der Waals surface area (Å²) in [6.45, 7) is 0. The highest BCUT2D eigenvalue weighted by molar-refractivity contribution is 7.98. The van der Waals surface area contributed by atoms with E-state index in [1.165, 1.54) is 21.1 Å². The Morgan fingerprint density at radius 3 is 3.11 bits per heavy atom. The number of hydrogen-bond acceptors (Lipinski definition) is 4. The van der Waals surface area contributed by atoms with Crippen LogP contribution in [0.3, 0.4) is 0 Å². The molecule has 0 radical (unpaired) electrons. The molecule has 2 aromatic rings. The Morgan fingerprint density at radius 1 is 1.39 bits per heavy atom.